The third-order valence-electron chi connectivity index (χ3n) is 13.1. The monoisotopic (exact) mass is 712 g/mol. The predicted molar refractivity (Wildman–Crippen MR) is 231 cm³/mol. The molecule has 0 amide bonds. The fourth-order valence-corrected chi connectivity index (χ4v) is 11.0. The van der Waals surface area contributed by atoms with E-state index in [1.165, 1.54) is 74.9 Å². The van der Waals surface area contributed by atoms with Gasteiger partial charge in [-0.1, -0.05) is 102 Å². The van der Waals surface area contributed by atoms with Gasteiger partial charge in [0.15, 0.2) is 0 Å². The van der Waals surface area contributed by atoms with Crippen LogP contribution in [0.25, 0.3) is 34.2 Å². The molecule has 5 heteroatoms. The zero-order valence-corrected chi connectivity index (χ0v) is 33.6. The maximum Gasteiger partial charge on any atom is 0.302 e. The molecule has 0 spiro atoms. The van der Waals surface area contributed by atoms with Crippen molar-refractivity contribution in [2.45, 2.75) is 105 Å². The first kappa shape index (κ1) is 34.8. The predicted octanol–water partition coefficient (Wildman–Crippen LogP) is 11.9. The van der Waals surface area contributed by atoms with Crippen LogP contribution in [0.2, 0.25) is 0 Å². The van der Waals surface area contributed by atoms with Gasteiger partial charge in [-0.25, -0.2) is 0 Å². The number of furan rings is 2. The Morgan fingerprint density at radius 2 is 1.78 bits per heavy atom. The van der Waals surface area contributed by atoms with Crippen molar-refractivity contribution in [2.75, 3.05) is 9.80 Å². The van der Waals surface area contributed by atoms with E-state index in [9.17, 15) is 0 Å². The summed E-state index contributed by atoms with van der Waals surface area (Å²) in [4.78, 5) is 5.02. The van der Waals surface area contributed by atoms with Gasteiger partial charge in [-0.2, -0.15) is 0 Å². The fourth-order valence-electron chi connectivity index (χ4n) is 11.0. The van der Waals surface area contributed by atoms with Gasteiger partial charge >= 0.3 is 6.71 Å². The Hall–Kier alpha value is -4.90. The molecule has 2 aliphatic heterocycles. The highest BCUT2D eigenvalue weighted by Crippen LogP contribution is 2.67. The Kier molecular flexibility index (Phi) is 8.12. The van der Waals surface area contributed by atoms with Crippen LogP contribution < -0.4 is 26.4 Å². The average molecular weight is 713 g/mol. The van der Waals surface area contributed by atoms with Gasteiger partial charge in [0, 0.05) is 56.4 Å². The molecule has 0 saturated heterocycles. The quantitative estimate of drug-likeness (QED) is 0.0820. The number of benzene rings is 3. The maximum absolute atomic E-state index is 7.64. The average Bonchev–Trinajstić information content (AvgIpc) is 3.83. The smallest absolute Gasteiger partial charge is 0.302 e. The van der Waals surface area contributed by atoms with Crippen LogP contribution in [-0.2, 0) is 5.41 Å². The summed E-state index contributed by atoms with van der Waals surface area (Å²) in [6, 6.07) is 16.7. The van der Waals surface area contributed by atoms with Gasteiger partial charge in [-0.15, -0.1) is 0 Å². The van der Waals surface area contributed by atoms with Gasteiger partial charge in [0.05, 0.1) is 11.3 Å². The summed E-state index contributed by atoms with van der Waals surface area (Å²) in [5, 5.41) is 1.25. The molecule has 9 rings (SSSR count). The molecule has 0 saturated carbocycles. The van der Waals surface area contributed by atoms with E-state index in [1.807, 2.05) is 13.0 Å². The lowest BCUT2D eigenvalue weighted by Gasteiger charge is -2.43. The van der Waals surface area contributed by atoms with Crippen LogP contribution in [0.4, 0.5) is 22.9 Å². The minimum absolute atomic E-state index is 0.0883. The highest BCUT2D eigenvalue weighted by Gasteiger charge is 2.57. The number of hydrogen-bond acceptors (Lipinski definition) is 4. The number of unbranched alkanes of at least 4 members (excludes halogenated alkanes) is 2. The first-order chi connectivity index (χ1) is 26.1. The van der Waals surface area contributed by atoms with Crippen molar-refractivity contribution in [1.82, 2.24) is 0 Å². The number of aryl methyl sites for hydroxylation is 1. The van der Waals surface area contributed by atoms with E-state index in [-0.39, 0.29) is 18.2 Å². The van der Waals surface area contributed by atoms with Crippen LogP contribution in [0.3, 0.4) is 0 Å². The molecule has 3 atom stereocenters. The first-order valence-electron chi connectivity index (χ1n) is 20.3. The summed E-state index contributed by atoms with van der Waals surface area (Å²) in [6.45, 7) is 24.8. The maximum atomic E-state index is 7.64. The molecule has 54 heavy (non-hydrogen) atoms. The van der Waals surface area contributed by atoms with Gasteiger partial charge in [-0.3, -0.25) is 4.90 Å². The molecule has 3 aromatic carbocycles. The summed E-state index contributed by atoms with van der Waals surface area (Å²) in [5.74, 6) is 2.44. The molecule has 4 nitrogen and oxygen atoms in total. The highest BCUT2D eigenvalue weighted by molar-refractivity contribution is 7.00. The van der Waals surface area contributed by atoms with Gasteiger partial charge in [-0.05, 0) is 111 Å². The van der Waals surface area contributed by atoms with E-state index in [1.54, 1.807) is 0 Å². The molecule has 2 unspecified atom stereocenters. The molecule has 2 aromatic heterocycles. The van der Waals surface area contributed by atoms with E-state index in [2.05, 4.69) is 145 Å². The van der Waals surface area contributed by atoms with Gasteiger partial charge in [0.1, 0.15) is 11.3 Å². The van der Waals surface area contributed by atoms with Crippen molar-refractivity contribution in [2.24, 2.45) is 5.92 Å². The van der Waals surface area contributed by atoms with Crippen LogP contribution in [-0.4, -0.2) is 12.8 Å². The minimum Gasteiger partial charge on any atom is -0.468 e. The Labute approximate surface area is 322 Å². The van der Waals surface area contributed by atoms with Crippen molar-refractivity contribution in [1.29, 1.82) is 0 Å². The Bertz CT molecular complexity index is 2470. The Morgan fingerprint density at radius 1 is 1.00 bits per heavy atom. The molecule has 4 bridgehead atoms. The van der Waals surface area contributed by atoms with E-state index >= 15 is 0 Å². The molecule has 0 radical (unpaired) electrons. The van der Waals surface area contributed by atoms with E-state index in [4.69, 9.17) is 8.83 Å². The number of anilines is 4. The molecular formula is C49H53BN2O2. The van der Waals surface area contributed by atoms with Crippen molar-refractivity contribution in [3.05, 3.63) is 113 Å². The van der Waals surface area contributed by atoms with Gasteiger partial charge < -0.3 is 13.7 Å². The number of rotatable bonds is 10. The van der Waals surface area contributed by atoms with Crippen LogP contribution >= 0.6 is 0 Å². The Morgan fingerprint density at radius 3 is 2.50 bits per heavy atom. The number of nitrogens with zero attached hydrogens (tertiary/aromatic N) is 2. The lowest BCUT2D eigenvalue weighted by atomic mass is 9.35. The van der Waals surface area contributed by atoms with E-state index in [0.717, 1.165) is 51.7 Å². The van der Waals surface area contributed by atoms with Crippen LogP contribution in [0.1, 0.15) is 121 Å². The van der Waals surface area contributed by atoms with Gasteiger partial charge in [0.25, 0.3) is 0 Å². The van der Waals surface area contributed by atoms with Gasteiger partial charge in [0.2, 0.25) is 5.88 Å². The highest BCUT2D eigenvalue weighted by atomic mass is 16.4. The van der Waals surface area contributed by atoms with Crippen molar-refractivity contribution in [3.8, 4) is 11.1 Å². The second-order valence-electron chi connectivity index (χ2n) is 16.7. The largest absolute Gasteiger partial charge is 0.468 e. The third-order valence-corrected chi connectivity index (χ3v) is 13.1. The molecule has 4 aliphatic rings. The molecule has 2 aliphatic carbocycles. The summed E-state index contributed by atoms with van der Waals surface area (Å²) >= 11 is 0. The zero-order chi connectivity index (χ0) is 37.8. The third kappa shape index (κ3) is 4.44. The lowest BCUT2D eigenvalue weighted by molar-refractivity contribution is 0.370. The topological polar surface area (TPSA) is 32.8 Å². The molecule has 0 fully saturated rings. The number of hydrogen-bond donors (Lipinski definition) is 0. The fraction of sp³-hybridized carbons (Fsp3) is 0.347. The van der Waals surface area contributed by atoms with Crippen molar-refractivity contribution >= 4 is 69.4 Å². The second-order valence-corrected chi connectivity index (χ2v) is 16.7. The van der Waals surface area contributed by atoms with Crippen LogP contribution in [0.5, 0.6) is 0 Å². The lowest BCUT2D eigenvalue weighted by Crippen LogP contribution is -2.62. The molecule has 274 valence electrons. The molecule has 0 N–H and O–H groups in total. The summed E-state index contributed by atoms with van der Waals surface area (Å²) in [5.41, 5.74) is 18.6. The summed E-state index contributed by atoms with van der Waals surface area (Å²) < 4.78 is 14.6. The minimum atomic E-state index is -0.160. The van der Waals surface area contributed by atoms with Crippen molar-refractivity contribution < 1.29 is 8.83 Å². The van der Waals surface area contributed by atoms with E-state index < -0.39 is 0 Å². The standard InChI is InChI=1S/C49H53BN2O2/c1-11-15-17-22-30(8)51-37-25-29(7)26-38-44(37)50(43-32(14-4)39(20-13-3)53-48(43)52(38)31(9)21-16-12-2)47-45(51)34-27-36-40-33-23-18-19-24-35(33)49(36,10)42(28(5)6)41(40)46(34)54-47/h12-14,16,18-21,23-28,30,42H,4,11,15,17,22H2,1-3,5-10H3/b16-12-,20-13-,31-21+/t30?,42-,49?/m1/s1. The SMILES string of the molecule is C=Cc1c(/C=C\C)oc2c1B1c3oc4c5c6c(cc4c3N(C(C)CCCCC)c3cc(C)cc(c31)N2/C(C)=C/C=C\C)C(C)(c1ccccc1-6)[C@@H]5C(C)C. The molecule has 5 aromatic rings. The normalized spacial score (nSPS) is 19.8. The van der Waals surface area contributed by atoms with E-state index in [0.29, 0.717) is 11.8 Å². The Balaban J connectivity index is 1.41. The number of fused-ring (bicyclic) bond motifs is 9. The second kappa shape index (κ2) is 12.6. The summed E-state index contributed by atoms with van der Waals surface area (Å²) in [7, 11) is 0. The molecular weight excluding hydrogens is 659 g/mol. The van der Waals surface area contributed by atoms with Crippen LogP contribution in [0, 0.1) is 12.8 Å². The number of allylic oxidation sites excluding steroid dienone is 5. The molecule has 4 heterocycles. The zero-order valence-electron chi connectivity index (χ0n) is 33.6. The first-order valence-corrected chi connectivity index (χ1v) is 20.3. The summed E-state index contributed by atoms with van der Waals surface area (Å²) in [6.07, 6.45) is 17.2. The van der Waals surface area contributed by atoms with Crippen molar-refractivity contribution in [3.63, 3.8) is 0 Å². The van der Waals surface area contributed by atoms with Crippen LogP contribution in [0.15, 0.2) is 87.9 Å².